The summed E-state index contributed by atoms with van der Waals surface area (Å²) in [7, 11) is -18.5. The monoisotopic (exact) mass is 1630 g/mol. The van der Waals surface area contributed by atoms with E-state index < -0.39 is 88.5 Å². The summed E-state index contributed by atoms with van der Waals surface area (Å²) in [5, 5.41) is 11.0. The minimum Gasteiger partial charge on any atom is -0.450 e. The van der Waals surface area contributed by atoms with E-state index >= 15 is 0 Å². The van der Waals surface area contributed by atoms with E-state index in [0.29, 0.717) is 71.0 Å². The van der Waals surface area contributed by atoms with E-state index in [1.165, 1.54) is 50.1 Å². The van der Waals surface area contributed by atoms with Crippen LogP contribution >= 0.6 is 45.1 Å². The number of phosphoric ester groups is 1. The standard InChI is InChI=1S/C66H93N12O24P3S3/c1-9-76-50-23-21-45(2)38-48(50)65(5,6)54(76)18-12-10-13-19-55-66(7,8)49-39-47(108(90,91)92)22-24-51(49)77(55)30-15-11-14-20-56(79)69-28-34-93-36-37-94-35-29-71-63(82)97-33-26-64(3,4)107-106-44-95-31-16-17-32-96-62(81)70-27-25-46-41-78(59-58(46)60(80)74-61(67)73-59)57-40-52(98-43-72-75-68)53(100-57)42-99-104(86,87)102-105(88,89)101-103(83,84)85/h10,12-13,18-19,21-24,38-39,41,52-53,57H,9,11,14-17,20,26,28-37,40,42-44H2,1-8H3,(H10-,67,69,70,71,73,74,79,80,81,82,83,84,85,86,87,88,89,90,91,92)/p+1/t52?,53-,57-/m1/s1. The quantitative estimate of drug-likeness (QED) is 0.00160. The first-order chi connectivity index (χ1) is 51.0. The molecule has 42 heteroatoms. The number of rotatable bonds is 43. The molecule has 7 rings (SSSR count). The summed E-state index contributed by atoms with van der Waals surface area (Å²) >= 11 is 0. The molecule has 3 aliphatic rings. The minimum atomic E-state index is -5.85. The first-order valence-corrected chi connectivity index (χ1v) is 42.6. The zero-order valence-corrected chi connectivity index (χ0v) is 66.1. The van der Waals surface area contributed by atoms with Crippen LogP contribution in [0.5, 0.6) is 0 Å². The molecular weight excluding hydrogens is 1530 g/mol. The number of aryl methyl sites for hydroxylation is 1. The Morgan fingerprint density at radius 2 is 1.62 bits per heavy atom. The molecular formula is C66H94N12O24P3S3+. The minimum absolute atomic E-state index is 0.0161. The van der Waals surface area contributed by atoms with Gasteiger partial charge in [-0.25, -0.2) is 28.6 Å². The molecule has 0 radical (unpaired) electrons. The summed E-state index contributed by atoms with van der Waals surface area (Å²) in [5.74, 6) is 2.61. The third-order valence-electron chi connectivity index (χ3n) is 17.0. The molecule has 1 fully saturated rings. The summed E-state index contributed by atoms with van der Waals surface area (Å²) in [6.07, 6.45) is 10.5. The molecule has 0 saturated carbocycles. The lowest BCUT2D eigenvalue weighted by atomic mass is 9.81. The lowest BCUT2D eigenvalue weighted by molar-refractivity contribution is -0.438. The molecule has 0 spiro atoms. The molecule has 5 atom stereocenters. The van der Waals surface area contributed by atoms with Gasteiger partial charge in [0.2, 0.25) is 17.5 Å². The Morgan fingerprint density at radius 1 is 0.898 bits per heavy atom. The Kier molecular flexibility index (Phi) is 32.9. The molecule has 2 aromatic carbocycles. The highest BCUT2D eigenvalue weighted by molar-refractivity contribution is 8.77. The number of H-pyrrole nitrogens is 1. The van der Waals surface area contributed by atoms with Gasteiger partial charge in [0.05, 0.1) is 68.2 Å². The van der Waals surface area contributed by atoms with Crippen LogP contribution < -0.4 is 32.1 Å². The number of nitrogens with zero attached hydrogens (tertiary/aromatic N) is 7. The molecule has 594 valence electrons. The number of anilines is 2. The Balaban J connectivity index is 0.701. The fourth-order valence-electron chi connectivity index (χ4n) is 11.9. The van der Waals surface area contributed by atoms with Gasteiger partial charge in [-0.05, 0) is 115 Å². The molecule has 0 aliphatic carbocycles. The lowest BCUT2D eigenvalue weighted by Crippen LogP contribution is -2.30. The fraction of sp³-hybridized carbons (Fsp3) is 0.545. The van der Waals surface area contributed by atoms with Crippen molar-refractivity contribution in [2.75, 3.05) is 102 Å². The van der Waals surface area contributed by atoms with Crippen LogP contribution in [-0.2, 0) is 85.7 Å². The maximum atomic E-state index is 13.1. The third kappa shape index (κ3) is 26.6. The van der Waals surface area contributed by atoms with E-state index in [1.54, 1.807) is 22.9 Å². The summed E-state index contributed by atoms with van der Waals surface area (Å²) in [6.45, 7) is 19.1. The van der Waals surface area contributed by atoms with E-state index in [-0.39, 0.29) is 82.9 Å². The number of carbonyl (C=O) groups excluding carboxylic acids is 3. The summed E-state index contributed by atoms with van der Waals surface area (Å²) in [6, 6.07) is 13.8. The molecule has 3 unspecified atom stereocenters. The van der Waals surface area contributed by atoms with Gasteiger partial charge < -0.3 is 78.6 Å². The predicted molar refractivity (Wildman–Crippen MR) is 402 cm³/mol. The highest BCUT2D eigenvalue weighted by atomic mass is 33.1. The average Bonchev–Trinajstić information content (AvgIpc) is 1.73. The number of nitrogen functional groups attached to an aromatic ring is 1. The number of allylic oxidation sites excluding steroid dienone is 6. The number of unbranched alkanes of at least 4 members (excludes halogenated alkanes) is 3. The topological polar surface area (TPSA) is 498 Å². The summed E-state index contributed by atoms with van der Waals surface area (Å²) < 4.78 is 124. The number of benzene rings is 2. The second-order valence-corrected chi connectivity index (χ2v) is 35.1. The zero-order valence-electron chi connectivity index (χ0n) is 61.0. The largest absolute Gasteiger partial charge is 0.490 e. The highest BCUT2D eigenvalue weighted by Gasteiger charge is 2.47. The van der Waals surface area contributed by atoms with Crippen LogP contribution in [0.1, 0.15) is 128 Å². The molecule has 3 aliphatic heterocycles. The molecule has 36 nitrogen and oxygen atoms in total. The van der Waals surface area contributed by atoms with Gasteiger partial charge in [0.25, 0.3) is 15.7 Å². The number of hydrogen-bond acceptors (Lipinski definition) is 25. The number of azide groups is 1. The van der Waals surface area contributed by atoms with E-state index in [4.69, 9.17) is 58.7 Å². The highest BCUT2D eigenvalue weighted by Crippen LogP contribution is 2.66. The van der Waals surface area contributed by atoms with Crippen molar-refractivity contribution < 1.29 is 112 Å². The van der Waals surface area contributed by atoms with Crippen LogP contribution in [0.25, 0.3) is 21.5 Å². The number of amides is 3. The molecule has 4 aromatic rings. The van der Waals surface area contributed by atoms with Gasteiger partial charge in [-0.2, -0.15) is 26.6 Å². The van der Waals surface area contributed by atoms with Crippen molar-refractivity contribution in [3.05, 3.63) is 122 Å². The number of aromatic nitrogens is 3. The molecule has 3 amide bonds. The lowest BCUT2D eigenvalue weighted by Gasteiger charge is -2.25. The van der Waals surface area contributed by atoms with Gasteiger partial charge in [0, 0.05) is 102 Å². The van der Waals surface area contributed by atoms with E-state index in [2.05, 4.69) is 130 Å². The predicted octanol–water partition coefficient (Wildman–Crippen LogP) is 9.81. The number of nitrogens with two attached hydrogens (primary N) is 1. The Labute approximate surface area is 632 Å². The van der Waals surface area contributed by atoms with Crippen LogP contribution in [0.3, 0.4) is 0 Å². The van der Waals surface area contributed by atoms with Crippen LogP contribution in [0.4, 0.5) is 26.9 Å². The van der Waals surface area contributed by atoms with Gasteiger partial charge in [0.1, 0.15) is 36.9 Å². The van der Waals surface area contributed by atoms with Crippen LogP contribution in [0.2, 0.25) is 0 Å². The molecule has 2 aromatic heterocycles. The number of nitrogens with one attached hydrogen (secondary N) is 4. The number of alkyl carbamates (subject to hydrolysis) is 2. The normalized spacial score (nSPS) is 18.4. The number of phosphoric acid groups is 3. The van der Waals surface area contributed by atoms with Gasteiger partial charge >= 0.3 is 35.7 Å². The van der Waals surface area contributed by atoms with Gasteiger partial charge in [-0.1, -0.05) is 76.5 Å². The number of aromatic amines is 1. The zero-order chi connectivity index (χ0) is 79.1. The number of likely N-dealkylation sites (N-methyl/N-ethyl adjacent to an activating group) is 1. The van der Waals surface area contributed by atoms with Crippen molar-refractivity contribution in [2.45, 2.75) is 146 Å². The Bertz CT molecular complexity index is 4420. The number of carbonyl (C=O) groups is 3. The Morgan fingerprint density at radius 3 is 2.33 bits per heavy atom. The SMILES string of the molecule is CCN1\C(=C/C=C/C=C/C2=[N+](CCCCCC(=O)NCCOCCOCCNC(=O)OCCC(C)(C)SSCOCCCCOC(=O)NC#Cc3cn([C@H]4CC(OCN=[N+]=[N-])[C@@H](COP(=O)(O)OP(=O)(O)OP(=O)(O)O)O4)c4nc(N)[nH]c(=O)c34)c3ccc(S(=O)(=O)O)cc3C2(C)C)C(C)(C)c2cc(C)ccc21. The summed E-state index contributed by atoms with van der Waals surface area (Å²) in [4.78, 5) is 99.1. The third-order valence-corrected chi connectivity index (χ3v) is 24.7. The number of ether oxygens (including phenoxy) is 7. The summed E-state index contributed by atoms with van der Waals surface area (Å²) in [5.41, 5.74) is 20.7. The van der Waals surface area contributed by atoms with Crippen molar-refractivity contribution in [3.63, 3.8) is 0 Å². The van der Waals surface area contributed by atoms with Crippen molar-refractivity contribution in [3.8, 4) is 12.0 Å². The van der Waals surface area contributed by atoms with E-state index in [0.717, 1.165) is 36.3 Å². The maximum Gasteiger partial charge on any atom is 0.490 e. The second kappa shape index (κ2) is 40.3. The fourth-order valence-corrected chi connectivity index (χ4v) is 17.7. The smallest absolute Gasteiger partial charge is 0.450 e. The van der Waals surface area contributed by atoms with E-state index in [9.17, 15) is 55.6 Å². The molecule has 5 heterocycles. The number of fused-ring (bicyclic) bond motifs is 3. The molecule has 1 saturated heterocycles. The van der Waals surface area contributed by atoms with Crippen molar-refractivity contribution in [1.82, 2.24) is 30.5 Å². The molecule has 0 bridgehead atoms. The Hall–Kier alpha value is -6.95. The first-order valence-electron chi connectivity index (χ1n) is 34.3. The second-order valence-electron chi connectivity index (χ2n) is 26.3. The number of hydrogen-bond donors (Lipinski definition) is 10. The van der Waals surface area contributed by atoms with Gasteiger partial charge in [-0.15, -0.1) is 0 Å². The van der Waals surface area contributed by atoms with Crippen molar-refractivity contribution in [1.29, 1.82) is 0 Å². The van der Waals surface area contributed by atoms with E-state index in [1.807, 2.05) is 39.8 Å². The van der Waals surface area contributed by atoms with Crippen LogP contribution in [0, 0.1) is 18.9 Å². The molecule has 108 heavy (non-hydrogen) atoms. The first kappa shape index (κ1) is 88.3. The van der Waals surface area contributed by atoms with Gasteiger partial charge in [-0.3, -0.25) is 23.6 Å². The molecule has 11 N–H and O–H groups in total. The van der Waals surface area contributed by atoms with Crippen molar-refractivity contribution in [2.24, 2.45) is 5.11 Å². The van der Waals surface area contributed by atoms with Crippen LogP contribution in [-0.4, -0.2) is 184 Å². The maximum absolute atomic E-state index is 13.1. The van der Waals surface area contributed by atoms with Gasteiger partial charge in [0.15, 0.2) is 11.4 Å². The van der Waals surface area contributed by atoms with Crippen LogP contribution in [0.15, 0.2) is 93.5 Å². The van der Waals surface area contributed by atoms with Crippen molar-refractivity contribution >= 4 is 107 Å². The average molecular weight is 1630 g/mol.